The smallest absolute Gasteiger partial charge is 0.243 e. The monoisotopic (exact) mass is 325 g/mol. The van der Waals surface area contributed by atoms with Gasteiger partial charge in [-0.1, -0.05) is 26.0 Å². The van der Waals surface area contributed by atoms with Gasteiger partial charge in [0.15, 0.2) is 0 Å². The van der Waals surface area contributed by atoms with Crippen molar-refractivity contribution in [3.63, 3.8) is 0 Å². The van der Waals surface area contributed by atoms with Crippen LogP contribution >= 0.6 is 0 Å². The van der Waals surface area contributed by atoms with E-state index in [0.29, 0.717) is 30.4 Å². The highest BCUT2D eigenvalue weighted by Gasteiger charge is 2.28. The minimum absolute atomic E-state index is 0.395. The van der Waals surface area contributed by atoms with Crippen molar-refractivity contribution < 1.29 is 8.42 Å². The highest BCUT2D eigenvalue weighted by atomic mass is 32.2. The molecule has 0 amide bonds. The third kappa shape index (κ3) is 3.87. The van der Waals surface area contributed by atoms with E-state index < -0.39 is 10.0 Å². The van der Waals surface area contributed by atoms with Crippen molar-refractivity contribution in [1.82, 2.24) is 9.21 Å². The Labute approximate surface area is 134 Å². The van der Waals surface area contributed by atoms with Gasteiger partial charge in [0.25, 0.3) is 0 Å². The molecule has 1 aromatic rings. The summed E-state index contributed by atoms with van der Waals surface area (Å²) in [5.74, 6) is 0.455. The summed E-state index contributed by atoms with van der Waals surface area (Å²) in [6.45, 7) is 8.31. The molecule has 1 aliphatic heterocycles. The first-order chi connectivity index (χ1) is 10.5. The van der Waals surface area contributed by atoms with Crippen LogP contribution < -0.4 is 5.73 Å². The van der Waals surface area contributed by atoms with Gasteiger partial charge in [-0.25, -0.2) is 8.42 Å². The average molecular weight is 325 g/mol. The molecule has 0 radical (unpaired) electrons. The fraction of sp³-hybridized carbons (Fsp3) is 0.625. The highest BCUT2D eigenvalue weighted by molar-refractivity contribution is 7.89. The molecular formula is C16H27N3O2S. The van der Waals surface area contributed by atoms with E-state index in [1.165, 1.54) is 5.56 Å². The van der Waals surface area contributed by atoms with Gasteiger partial charge in [-0.2, -0.15) is 4.31 Å². The lowest BCUT2D eigenvalue weighted by atomic mass is 9.99. The van der Waals surface area contributed by atoms with Crippen molar-refractivity contribution in [3.8, 4) is 0 Å². The number of sulfonamides is 1. The maximum Gasteiger partial charge on any atom is 0.243 e. The van der Waals surface area contributed by atoms with Crippen molar-refractivity contribution in [2.75, 3.05) is 39.3 Å². The maximum absolute atomic E-state index is 12.7. The van der Waals surface area contributed by atoms with Crippen LogP contribution in [0.15, 0.2) is 29.2 Å². The van der Waals surface area contributed by atoms with Gasteiger partial charge in [-0.15, -0.1) is 0 Å². The van der Waals surface area contributed by atoms with Crippen molar-refractivity contribution in [2.24, 2.45) is 5.73 Å². The minimum atomic E-state index is -3.37. The van der Waals surface area contributed by atoms with Crippen molar-refractivity contribution >= 4 is 10.0 Å². The molecule has 22 heavy (non-hydrogen) atoms. The molecule has 0 spiro atoms. The lowest BCUT2D eigenvalue weighted by Gasteiger charge is -2.33. The molecule has 6 heteroatoms. The summed E-state index contributed by atoms with van der Waals surface area (Å²) >= 11 is 0. The Balaban J connectivity index is 2.07. The second-order valence-corrected chi connectivity index (χ2v) is 7.85. The van der Waals surface area contributed by atoms with E-state index in [9.17, 15) is 8.42 Å². The molecule has 1 unspecified atom stereocenters. The minimum Gasteiger partial charge on any atom is -0.329 e. The molecule has 2 N–H and O–H groups in total. The van der Waals surface area contributed by atoms with E-state index in [-0.39, 0.29) is 0 Å². The number of hydrogen-bond acceptors (Lipinski definition) is 4. The van der Waals surface area contributed by atoms with Gasteiger partial charge in [0.05, 0.1) is 4.90 Å². The molecule has 2 rings (SSSR count). The van der Waals surface area contributed by atoms with Crippen LogP contribution in [0.4, 0.5) is 0 Å². The van der Waals surface area contributed by atoms with Crippen LogP contribution in [-0.2, 0) is 10.0 Å². The molecule has 1 heterocycles. The number of rotatable bonds is 6. The lowest BCUT2D eigenvalue weighted by Crippen LogP contribution is -2.49. The molecular weight excluding hydrogens is 298 g/mol. The molecule has 5 nitrogen and oxygen atoms in total. The van der Waals surface area contributed by atoms with E-state index >= 15 is 0 Å². The predicted molar refractivity (Wildman–Crippen MR) is 89.4 cm³/mol. The Kier molecular flexibility index (Phi) is 5.97. The zero-order chi connectivity index (χ0) is 16.2. The number of nitrogens with two attached hydrogens (primary N) is 1. The largest absolute Gasteiger partial charge is 0.329 e. The second-order valence-electron chi connectivity index (χ2n) is 5.91. The van der Waals surface area contributed by atoms with Gasteiger partial charge in [0.2, 0.25) is 10.0 Å². The predicted octanol–water partition coefficient (Wildman–Crippen LogP) is 1.47. The quantitative estimate of drug-likeness (QED) is 0.860. The van der Waals surface area contributed by atoms with Crippen LogP contribution in [0, 0.1) is 0 Å². The van der Waals surface area contributed by atoms with Gasteiger partial charge in [-0.3, -0.25) is 4.90 Å². The standard InChI is InChI=1S/C16H27N3O2S/c1-3-14(2)15-4-6-16(7-5-15)22(20,21)19-12-10-18(9-8-17)11-13-19/h4-7,14H,3,8-13,17H2,1-2H3. The number of hydrogen-bond donors (Lipinski definition) is 1. The first-order valence-corrected chi connectivity index (χ1v) is 9.45. The molecule has 0 saturated carbocycles. The fourth-order valence-electron chi connectivity index (χ4n) is 2.73. The van der Waals surface area contributed by atoms with Crippen LogP contribution in [0.2, 0.25) is 0 Å². The maximum atomic E-state index is 12.7. The van der Waals surface area contributed by atoms with Crippen LogP contribution in [0.5, 0.6) is 0 Å². The van der Waals surface area contributed by atoms with Gasteiger partial charge in [0, 0.05) is 39.3 Å². The van der Waals surface area contributed by atoms with E-state index in [0.717, 1.165) is 26.1 Å². The first-order valence-electron chi connectivity index (χ1n) is 8.01. The van der Waals surface area contributed by atoms with E-state index in [4.69, 9.17) is 5.73 Å². The Morgan fingerprint density at radius 2 is 1.73 bits per heavy atom. The molecule has 0 aromatic heterocycles. The van der Waals surface area contributed by atoms with Crippen LogP contribution in [0.25, 0.3) is 0 Å². The number of nitrogens with zero attached hydrogens (tertiary/aromatic N) is 2. The SMILES string of the molecule is CCC(C)c1ccc(S(=O)(=O)N2CCN(CCN)CC2)cc1. The van der Waals surface area contributed by atoms with E-state index in [1.54, 1.807) is 16.4 Å². The van der Waals surface area contributed by atoms with E-state index in [1.807, 2.05) is 12.1 Å². The summed E-state index contributed by atoms with van der Waals surface area (Å²) in [5, 5.41) is 0. The first kappa shape index (κ1) is 17.4. The molecule has 1 fully saturated rings. The Morgan fingerprint density at radius 3 is 2.23 bits per heavy atom. The zero-order valence-electron chi connectivity index (χ0n) is 13.5. The average Bonchev–Trinajstić information content (AvgIpc) is 2.55. The Bertz CT molecular complexity index is 564. The summed E-state index contributed by atoms with van der Waals surface area (Å²) in [4.78, 5) is 2.60. The molecule has 0 bridgehead atoms. The third-order valence-electron chi connectivity index (χ3n) is 4.48. The normalized spacial score (nSPS) is 19.2. The second kappa shape index (κ2) is 7.55. The molecule has 1 atom stereocenters. The Morgan fingerprint density at radius 1 is 1.14 bits per heavy atom. The third-order valence-corrected chi connectivity index (χ3v) is 6.39. The molecule has 1 aromatic carbocycles. The topological polar surface area (TPSA) is 66.6 Å². The fourth-order valence-corrected chi connectivity index (χ4v) is 4.15. The van der Waals surface area contributed by atoms with Gasteiger partial charge in [-0.05, 0) is 30.0 Å². The molecule has 1 aliphatic rings. The number of piperazine rings is 1. The van der Waals surface area contributed by atoms with Crippen LogP contribution in [-0.4, -0.2) is 56.9 Å². The van der Waals surface area contributed by atoms with E-state index in [2.05, 4.69) is 18.7 Å². The van der Waals surface area contributed by atoms with Crippen molar-refractivity contribution in [1.29, 1.82) is 0 Å². The Hall–Kier alpha value is -0.950. The van der Waals surface area contributed by atoms with Crippen molar-refractivity contribution in [3.05, 3.63) is 29.8 Å². The summed E-state index contributed by atoms with van der Waals surface area (Å²) in [5.41, 5.74) is 6.74. The summed E-state index contributed by atoms with van der Waals surface area (Å²) in [6, 6.07) is 7.35. The summed E-state index contributed by atoms with van der Waals surface area (Å²) in [7, 11) is -3.37. The zero-order valence-corrected chi connectivity index (χ0v) is 14.3. The van der Waals surface area contributed by atoms with Gasteiger partial charge in [0.1, 0.15) is 0 Å². The number of benzene rings is 1. The molecule has 1 saturated heterocycles. The van der Waals surface area contributed by atoms with Crippen molar-refractivity contribution in [2.45, 2.75) is 31.1 Å². The van der Waals surface area contributed by atoms with Gasteiger partial charge >= 0.3 is 0 Å². The van der Waals surface area contributed by atoms with Gasteiger partial charge < -0.3 is 5.73 Å². The van der Waals surface area contributed by atoms with Crippen LogP contribution in [0.1, 0.15) is 31.7 Å². The molecule has 124 valence electrons. The summed E-state index contributed by atoms with van der Waals surface area (Å²) < 4.78 is 27.0. The summed E-state index contributed by atoms with van der Waals surface area (Å²) in [6.07, 6.45) is 1.05. The highest BCUT2D eigenvalue weighted by Crippen LogP contribution is 2.22. The lowest BCUT2D eigenvalue weighted by molar-refractivity contribution is 0.192. The van der Waals surface area contributed by atoms with Crippen LogP contribution in [0.3, 0.4) is 0 Å². The molecule has 0 aliphatic carbocycles.